The molecule has 0 unspecified atom stereocenters. The molecule has 6 nitrogen and oxygen atoms in total. The first kappa shape index (κ1) is 13.4. The zero-order chi connectivity index (χ0) is 12.9. The third-order valence-electron chi connectivity index (χ3n) is 2.08. The second-order valence-electron chi connectivity index (χ2n) is 3.55. The third kappa shape index (κ3) is 4.81. The smallest absolute Gasteiger partial charge is 0.303 e. The molecule has 0 spiro atoms. The molecule has 0 saturated carbocycles. The van der Waals surface area contributed by atoms with Crippen molar-refractivity contribution >= 4 is 21.7 Å². The molecule has 0 saturated heterocycles. The van der Waals surface area contributed by atoms with E-state index in [4.69, 9.17) is 5.11 Å². The number of aliphatic carboxylic acids is 1. The van der Waals surface area contributed by atoms with Crippen LogP contribution in [0.1, 0.15) is 18.5 Å². The van der Waals surface area contributed by atoms with Crippen LogP contribution in [0.15, 0.2) is 18.3 Å². The lowest BCUT2D eigenvalue weighted by molar-refractivity contribution is -0.137. The van der Waals surface area contributed by atoms with Gasteiger partial charge in [-0.1, -0.05) is 0 Å². The lowest BCUT2D eigenvalue weighted by Crippen LogP contribution is -2.18. The molecule has 17 heavy (non-hydrogen) atoms. The topological polar surface area (TPSA) is 96.4 Å². The first-order chi connectivity index (χ1) is 7.91. The molecule has 94 valence electrons. The summed E-state index contributed by atoms with van der Waals surface area (Å²) >= 11 is 0. The van der Waals surface area contributed by atoms with Gasteiger partial charge in [0.1, 0.15) is 0 Å². The molecule has 0 atom stereocenters. The normalized spacial score (nSPS) is 11.1. The summed E-state index contributed by atoms with van der Waals surface area (Å²) < 4.78 is 25.6. The van der Waals surface area contributed by atoms with Crippen LogP contribution in [0.5, 0.6) is 0 Å². The molecular formula is C10H14N2O4S. The van der Waals surface area contributed by atoms with Crippen molar-refractivity contribution in [2.45, 2.75) is 19.8 Å². The van der Waals surface area contributed by atoms with Crippen molar-refractivity contribution in [3.8, 4) is 0 Å². The van der Waals surface area contributed by atoms with Gasteiger partial charge in [-0.05, 0) is 25.5 Å². The molecule has 1 aromatic heterocycles. The fraction of sp³-hybridized carbons (Fsp3) is 0.400. The highest BCUT2D eigenvalue weighted by Gasteiger charge is 2.12. The minimum Gasteiger partial charge on any atom is -0.481 e. The van der Waals surface area contributed by atoms with Crippen molar-refractivity contribution in [1.82, 2.24) is 4.98 Å². The van der Waals surface area contributed by atoms with Crippen molar-refractivity contribution in [3.63, 3.8) is 0 Å². The van der Waals surface area contributed by atoms with E-state index in [-0.39, 0.29) is 18.6 Å². The molecule has 0 fully saturated rings. The second kappa shape index (κ2) is 5.62. The molecule has 0 bridgehead atoms. The van der Waals surface area contributed by atoms with Crippen LogP contribution in [0.4, 0.5) is 5.69 Å². The molecule has 0 aromatic carbocycles. The van der Waals surface area contributed by atoms with E-state index in [0.29, 0.717) is 11.4 Å². The summed E-state index contributed by atoms with van der Waals surface area (Å²) in [7, 11) is -3.51. The standard InChI is InChI=1S/C10H14N2O4S/c1-8-9(4-2-6-11-8)12-17(15,16)7-3-5-10(13)14/h2,4,6,12H,3,5,7H2,1H3,(H,13,14). The Bertz CT molecular complexity index is 499. The molecule has 0 aliphatic carbocycles. The van der Waals surface area contributed by atoms with Gasteiger partial charge in [0.15, 0.2) is 0 Å². The first-order valence-corrected chi connectivity index (χ1v) is 6.70. The summed E-state index contributed by atoms with van der Waals surface area (Å²) in [5.74, 6) is -1.22. The lowest BCUT2D eigenvalue weighted by Gasteiger charge is -2.08. The molecule has 1 rings (SSSR count). The number of carboxylic acid groups (broad SMARTS) is 1. The highest BCUT2D eigenvalue weighted by atomic mass is 32.2. The minimum atomic E-state index is -3.51. The van der Waals surface area contributed by atoms with Crippen LogP contribution < -0.4 is 4.72 Å². The quantitative estimate of drug-likeness (QED) is 0.793. The maximum absolute atomic E-state index is 11.6. The van der Waals surface area contributed by atoms with Gasteiger partial charge in [-0.15, -0.1) is 0 Å². The number of rotatable bonds is 6. The number of nitrogens with one attached hydrogen (secondary N) is 1. The molecule has 1 aromatic rings. The highest BCUT2D eigenvalue weighted by Crippen LogP contribution is 2.13. The van der Waals surface area contributed by atoms with Gasteiger partial charge < -0.3 is 5.11 Å². The Morgan fingerprint density at radius 1 is 1.53 bits per heavy atom. The third-order valence-corrected chi connectivity index (χ3v) is 3.43. The molecule has 0 radical (unpaired) electrons. The van der Waals surface area contributed by atoms with Crippen molar-refractivity contribution < 1.29 is 18.3 Å². The van der Waals surface area contributed by atoms with E-state index in [1.165, 1.54) is 0 Å². The molecule has 0 aliphatic heterocycles. The number of aromatic nitrogens is 1. The van der Waals surface area contributed by atoms with Gasteiger partial charge in [-0.25, -0.2) is 8.42 Å². The Hall–Kier alpha value is -1.63. The largest absolute Gasteiger partial charge is 0.481 e. The summed E-state index contributed by atoms with van der Waals surface area (Å²) in [6, 6.07) is 3.24. The number of nitrogens with zero attached hydrogens (tertiary/aromatic N) is 1. The average molecular weight is 258 g/mol. The van der Waals surface area contributed by atoms with Crippen molar-refractivity contribution in [2.75, 3.05) is 10.5 Å². The van der Waals surface area contributed by atoms with Crippen molar-refractivity contribution in [1.29, 1.82) is 0 Å². The summed E-state index contributed by atoms with van der Waals surface area (Å²) in [5.41, 5.74) is 0.997. The predicted octanol–water partition coefficient (Wildman–Crippen LogP) is 0.997. The molecule has 1 heterocycles. The number of carboxylic acids is 1. The van der Waals surface area contributed by atoms with Crippen LogP contribution in [-0.2, 0) is 14.8 Å². The van der Waals surface area contributed by atoms with E-state index in [9.17, 15) is 13.2 Å². The van der Waals surface area contributed by atoms with E-state index in [0.717, 1.165) is 0 Å². The lowest BCUT2D eigenvalue weighted by atomic mass is 10.3. The number of carbonyl (C=O) groups is 1. The van der Waals surface area contributed by atoms with Gasteiger partial charge in [0, 0.05) is 12.6 Å². The molecule has 0 amide bonds. The van der Waals surface area contributed by atoms with E-state index in [1.807, 2.05) is 0 Å². The number of sulfonamides is 1. The van der Waals surface area contributed by atoms with Crippen molar-refractivity contribution in [2.24, 2.45) is 0 Å². The van der Waals surface area contributed by atoms with Gasteiger partial charge in [-0.3, -0.25) is 14.5 Å². The fourth-order valence-electron chi connectivity index (χ4n) is 1.22. The Morgan fingerprint density at radius 3 is 2.82 bits per heavy atom. The summed E-state index contributed by atoms with van der Waals surface area (Å²) in [6.45, 7) is 1.69. The van der Waals surface area contributed by atoms with Crippen molar-refractivity contribution in [3.05, 3.63) is 24.0 Å². The predicted molar refractivity (Wildman–Crippen MR) is 63.3 cm³/mol. The summed E-state index contributed by atoms with van der Waals surface area (Å²) in [6.07, 6.45) is 1.49. The summed E-state index contributed by atoms with van der Waals surface area (Å²) in [4.78, 5) is 14.2. The van der Waals surface area contributed by atoms with E-state index >= 15 is 0 Å². The summed E-state index contributed by atoms with van der Waals surface area (Å²) in [5, 5.41) is 8.42. The van der Waals surface area contributed by atoms with Gasteiger partial charge >= 0.3 is 5.97 Å². The Kier molecular flexibility index (Phi) is 4.45. The fourth-order valence-corrected chi connectivity index (χ4v) is 2.40. The molecule has 7 heteroatoms. The Balaban J connectivity index is 2.61. The first-order valence-electron chi connectivity index (χ1n) is 5.04. The zero-order valence-corrected chi connectivity index (χ0v) is 10.2. The highest BCUT2D eigenvalue weighted by molar-refractivity contribution is 7.92. The van der Waals surface area contributed by atoms with E-state index in [2.05, 4.69) is 9.71 Å². The molecule has 0 aliphatic rings. The van der Waals surface area contributed by atoms with Crippen LogP contribution in [0.2, 0.25) is 0 Å². The van der Waals surface area contributed by atoms with Gasteiger partial charge in [0.2, 0.25) is 10.0 Å². The van der Waals surface area contributed by atoms with Crippen LogP contribution in [0.25, 0.3) is 0 Å². The molecular weight excluding hydrogens is 244 g/mol. The Morgan fingerprint density at radius 2 is 2.24 bits per heavy atom. The zero-order valence-electron chi connectivity index (χ0n) is 9.38. The van der Waals surface area contributed by atoms with Crippen LogP contribution >= 0.6 is 0 Å². The number of aryl methyl sites for hydroxylation is 1. The van der Waals surface area contributed by atoms with Gasteiger partial charge in [-0.2, -0.15) is 0 Å². The van der Waals surface area contributed by atoms with Gasteiger partial charge in [0.25, 0.3) is 0 Å². The maximum atomic E-state index is 11.6. The van der Waals surface area contributed by atoms with E-state index in [1.54, 1.807) is 25.3 Å². The van der Waals surface area contributed by atoms with E-state index < -0.39 is 16.0 Å². The molecule has 2 N–H and O–H groups in total. The average Bonchev–Trinajstić information content (AvgIpc) is 2.20. The van der Waals surface area contributed by atoms with Gasteiger partial charge in [0.05, 0.1) is 17.1 Å². The number of pyridine rings is 1. The number of hydrogen-bond donors (Lipinski definition) is 2. The Labute approximate surface area is 99.7 Å². The van der Waals surface area contributed by atoms with Crippen LogP contribution in [0, 0.1) is 6.92 Å². The maximum Gasteiger partial charge on any atom is 0.303 e. The number of anilines is 1. The minimum absolute atomic E-state index is 0.0873. The van der Waals surface area contributed by atoms with Crippen LogP contribution in [-0.4, -0.2) is 30.2 Å². The number of hydrogen-bond acceptors (Lipinski definition) is 4. The SMILES string of the molecule is Cc1ncccc1NS(=O)(=O)CCCC(=O)O. The monoisotopic (exact) mass is 258 g/mol. The van der Waals surface area contributed by atoms with Crippen LogP contribution in [0.3, 0.4) is 0 Å². The second-order valence-corrected chi connectivity index (χ2v) is 5.40.